The van der Waals surface area contributed by atoms with E-state index in [1.807, 2.05) is 0 Å². The molecule has 0 unspecified atom stereocenters. The maximum atomic E-state index is 13.3. The maximum absolute atomic E-state index is 13.3. The third-order valence-electron chi connectivity index (χ3n) is 5.37. The maximum Gasteiger partial charge on any atom is 0.407 e. The first-order valence-corrected chi connectivity index (χ1v) is 10.5. The van der Waals surface area contributed by atoms with Crippen molar-refractivity contribution < 1.29 is 23.5 Å². The van der Waals surface area contributed by atoms with Crippen LogP contribution in [0.1, 0.15) is 18.5 Å². The van der Waals surface area contributed by atoms with Crippen molar-refractivity contribution in [1.82, 2.24) is 24.8 Å². The highest BCUT2D eigenvalue weighted by Crippen LogP contribution is 2.33. The minimum absolute atomic E-state index is 0.119. The summed E-state index contributed by atoms with van der Waals surface area (Å²) in [6.45, 7) is 0.451. The number of benzene rings is 1. The Balaban J connectivity index is 1.64. The molecule has 33 heavy (non-hydrogen) atoms. The van der Waals surface area contributed by atoms with Crippen LogP contribution in [-0.4, -0.2) is 55.7 Å². The summed E-state index contributed by atoms with van der Waals surface area (Å²) < 4.78 is 28.1. The fraction of sp³-hybridized carbons (Fsp3) is 0.273. The van der Waals surface area contributed by atoms with E-state index in [1.54, 1.807) is 34.9 Å². The smallest absolute Gasteiger partial charge is 0.407 e. The SMILES string of the molecule is O=C(Cn1cnc(-c2ccc(Cl)cc2)c1-c1ccnc(C(F)F)c1)N[C@H]1CCN(C(=O)O)C1. The van der Waals surface area contributed by atoms with Crippen molar-refractivity contribution in [2.24, 2.45) is 0 Å². The van der Waals surface area contributed by atoms with Crippen LogP contribution in [0.4, 0.5) is 13.6 Å². The number of halogens is 3. The number of carbonyl (C=O) groups is 2. The molecule has 2 aromatic heterocycles. The Kier molecular flexibility index (Phi) is 6.55. The molecule has 1 aliphatic heterocycles. The van der Waals surface area contributed by atoms with Crippen molar-refractivity contribution in [3.05, 3.63) is 59.6 Å². The Bertz CT molecular complexity index is 1170. The van der Waals surface area contributed by atoms with E-state index in [9.17, 15) is 18.4 Å². The molecule has 2 N–H and O–H groups in total. The molecule has 1 fully saturated rings. The number of aromatic nitrogens is 3. The third kappa shape index (κ3) is 5.11. The first-order chi connectivity index (χ1) is 15.8. The van der Waals surface area contributed by atoms with Crippen molar-refractivity contribution in [3.8, 4) is 22.5 Å². The van der Waals surface area contributed by atoms with Crippen LogP contribution in [0.25, 0.3) is 22.5 Å². The number of rotatable bonds is 6. The fourth-order valence-corrected chi connectivity index (χ4v) is 3.94. The number of nitrogens with one attached hydrogen (secondary N) is 1. The van der Waals surface area contributed by atoms with Crippen LogP contribution < -0.4 is 5.32 Å². The monoisotopic (exact) mass is 475 g/mol. The van der Waals surface area contributed by atoms with E-state index < -0.39 is 12.5 Å². The molecule has 8 nitrogen and oxygen atoms in total. The highest BCUT2D eigenvalue weighted by atomic mass is 35.5. The molecule has 0 saturated carbocycles. The van der Waals surface area contributed by atoms with E-state index in [0.29, 0.717) is 40.5 Å². The Morgan fingerprint density at radius 1 is 1.18 bits per heavy atom. The molecule has 0 aliphatic carbocycles. The number of carbonyl (C=O) groups excluding carboxylic acids is 1. The van der Waals surface area contributed by atoms with Crippen molar-refractivity contribution in [2.45, 2.75) is 25.4 Å². The summed E-state index contributed by atoms with van der Waals surface area (Å²) in [6.07, 6.45) is -0.488. The second-order valence-electron chi connectivity index (χ2n) is 7.63. The minimum Gasteiger partial charge on any atom is -0.465 e. The summed E-state index contributed by atoms with van der Waals surface area (Å²) >= 11 is 5.99. The molecule has 0 bridgehead atoms. The van der Waals surface area contributed by atoms with Gasteiger partial charge in [0.05, 0.1) is 17.7 Å². The molecule has 3 aromatic rings. The van der Waals surface area contributed by atoms with Crippen LogP contribution in [-0.2, 0) is 11.3 Å². The molecule has 0 radical (unpaired) electrons. The molecule has 1 aliphatic rings. The van der Waals surface area contributed by atoms with Crippen molar-refractivity contribution in [1.29, 1.82) is 0 Å². The van der Waals surface area contributed by atoms with Crippen LogP contribution in [0.2, 0.25) is 5.02 Å². The van der Waals surface area contributed by atoms with Crippen LogP contribution >= 0.6 is 11.6 Å². The number of likely N-dealkylation sites (tertiary alicyclic amines) is 1. The topological polar surface area (TPSA) is 100 Å². The van der Waals surface area contributed by atoms with E-state index in [1.165, 1.54) is 23.5 Å². The summed E-state index contributed by atoms with van der Waals surface area (Å²) in [4.78, 5) is 33.2. The zero-order valence-corrected chi connectivity index (χ0v) is 18.0. The zero-order chi connectivity index (χ0) is 23.5. The van der Waals surface area contributed by atoms with Gasteiger partial charge in [-0.3, -0.25) is 9.78 Å². The lowest BCUT2D eigenvalue weighted by molar-refractivity contribution is -0.122. The van der Waals surface area contributed by atoms with E-state index in [-0.39, 0.29) is 30.7 Å². The van der Waals surface area contributed by atoms with Gasteiger partial charge in [0.2, 0.25) is 5.91 Å². The van der Waals surface area contributed by atoms with Gasteiger partial charge in [0.25, 0.3) is 6.43 Å². The second kappa shape index (κ2) is 9.53. The number of nitrogens with zero attached hydrogens (tertiary/aromatic N) is 4. The fourth-order valence-electron chi connectivity index (χ4n) is 3.82. The normalized spacial score (nSPS) is 15.8. The lowest BCUT2D eigenvalue weighted by atomic mass is 10.0. The lowest BCUT2D eigenvalue weighted by Crippen LogP contribution is -2.39. The molecule has 1 saturated heterocycles. The van der Waals surface area contributed by atoms with Gasteiger partial charge in [0.1, 0.15) is 12.2 Å². The Labute approximate surface area is 192 Å². The van der Waals surface area contributed by atoms with Crippen molar-refractivity contribution in [2.75, 3.05) is 13.1 Å². The summed E-state index contributed by atoms with van der Waals surface area (Å²) in [5, 5.41) is 12.5. The molecule has 11 heteroatoms. The zero-order valence-electron chi connectivity index (χ0n) is 17.3. The summed E-state index contributed by atoms with van der Waals surface area (Å²) in [5.41, 5.74) is 1.75. The van der Waals surface area contributed by atoms with Gasteiger partial charge in [0, 0.05) is 41.5 Å². The predicted molar refractivity (Wildman–Crippen MR) is 117 cm³/mol. The molecule has 172 valence electrons. The van der Waals surface area contributed by atoms with Gasteiger partial charge in [-0.05, 0) is 30.7 Å². The van der Waals surface area contributed by atoms with E-state index in [0.717, 1.165) is 0 Å². The number of alkyl halides is 2. The second-order valence-corrected chi connectivity index (χ2v) is 8.06. The van der Waals surface area contributed by atoms with Crippen LogP contribution in [0.3, 0.4) is 0 Å². The summed E-state index contributed by atoms with van der Waals surface area (Å²) in [5.74, 6) is -0.336. The Hall–Kier alpha value is -3.53. The van der Waals surface area contributed by atoms with Crippen LogP contribution in [0.5, 0.6) is 0 Å². The van der Waals surface area contributed by atoms with E-state index >= 15 is 0 Å². The molecular weight excluding hydrogens is 456 g/mol. The largest absolute Gasteiger partial charge is 0.465 e. The first-order valence-electron chi connectivity index (χ1n) is 10.1. The average Bonchev–Trinajstić information content (AvgIpc) is 3.42. The van der Waals surface area contributed by atoms with E-state index in [2.05, 4.69) is 15.3 Å². The van der Waals surface area contributed by atoms with Crippen molar-refractivity contribution in [3.63, 3.8) is 0 Å². The first kappa shape index (κ1) is 22.7. The molecule has 1 atom stereocenters. The van der Waals surface area contributed by atoms with Gasteiger partial charge in [-0.1, -0.05) is 23.7 Å². The van der Waals surface area contributed by atoms with Gasteiger partial charge in [-0.2, -0.15) is 0 Å². The molecule has 2 amide bonds. The van der Waals surface area contributed by atoms with Gasteiger partial charge in [0.15, 0.2) is 0 Å². The lowest BCUT2D eigenvalue weighted by Gasteiger charge is -2.15. The summed E-state index contributed by atoms with van der Waals surface area (Å²) in [7, 11) is 0. The number of hydrogen-bond acceptors (Lipinski definition) is 4. The van der Waals surface area contributed by atoms with Gasteiger partial charge < -0.3 is 19.9 Å². The van der Waals surface area contributed by atoms with Gasteiger partial charge >= 0.3 is 6.09 Å². The Morgan fingerprint density at radius 3 is 2.61 bits per heavy atom. The summed E-state index contributed by atoms with van der Waals surface area (Å²) in [6, 6.07) is 9.47. The molecule has 0 spiro atoms. The van der Waals surface area contributed by atoms with E-state index in [4.69, 9.17) is 16.7 Å². The third-order valence-corrected chi connectivity index (χ3v) is 5.62. The van der Waals surface area contributed by atoms with Crippen LogP contribution in [0.15, 0.2) is 48.9 Å². The van der Waals surface area contributed by atoms with Gasteiger partial charge in [-0.25, -0.2) is 18.6 Å². The highest BCUT2D eigenvalue weighted by molar-refractivity contribution is 6.30. The molecule has 1 aromatic carbocycles. The molecule has 3 heterocycles. The minimum atomic E-state index is -2.75. The highest BCUT2D eigenvalue weighted by Gasteiger charge is 2.27. The van der Waals surface area contributed by atoms with Gasteiger partial charge in [-0.15, -0.1) is 0 Å². The number of amides is 2. The van der Waals surface area contributed by atoms with Crippen LogP contribution in [0, 0.1) is 0 Å². The predicted octanol–water partition coefficient (Wildman–Crippen LogP) is 4.07. The quantitative estimate of drug-likeness (QED) is 0.559. The number of carboxylic acid groups (broad SMARTS) is 1. The number of pyridine rings is 1. The standard InChI is InChI=1S/C22H20ClF2N5O3/c23-15-3-1-13(2-4-15)19-20(14-5-7-26-17(9-14)21(24)25)30(12-27-19)11-18(31)28-16-6-8-29(10-16)22(32)33/h1-5,7,9,12,16,21H,6,8,10-11H2,(H,28,31)(H,32,33)/t16-/m0/s1. The molecular formula is C22H20ClF2N5O3. The number of imidazole rings is 1. The average molecular weight is 476 g/mol. The number of hydrogen-bond donors (Lipinski definition) is 2. The Morgan fingerprint density at radius 2 is 1.94 bits per heavy atom. The molecule has 4 rings (SSSR count). The van der Waals surface area contributed by atoms with Crippen molar-refractivity contribution >= 4 is 23.6 Å².